The highest BCUT2D eigenvalue weighted by Gasteiger charge is 2.31. The lowest BCUT2D eigenvalue weighted by atomic mass is 9.93. The zero-order valence-corrected chi connectivity index (χ0v) is 14.2. The quantitative estimate of drug-likeness (QED) is 0.269. The molecule has 0 unspecified atom stereocenters. The summed E-state index contributed by atoms with van der Waals surface area (Å²) in [7, 11) is 0. The van der Waals surface area contributed by atoms with Crippen LogP contribution in [-0.2, 0) is 14.3 Å². The molecule has 1 fully saturated rings. The van der Waals surface area contributed by atoms with E-state index in [1.165, 1.54) is 24.3 Å². The van der Waals surface area contributed by atoms with Crippen molar-refractivity contribution in [3.63, 3.8) is 0 Å². The summed E-state index contributed by atoms with van der Waals surface area (Å²) in [6.07, 6.45) is 1.53. The number of esters is 1. The summed E-state index contributed by atoms with van der Waals surface area (Å²) in [4.78, 5) is 34.1. The van der Waals surface area contributed by atoms with Crippen LogP contribution in [0.1, 0.15) is 39.2 Å². The van der Waals surface area contributed by atoms with Crippen molar-refractivity contribution in [1.29, 1.82) is 0 Å². The van der Waals surface area contributed by atoms with Crippen molar-refractivity contribution in [2.45, 2.75) is 39.2 Å². The first-order valence-corrected chi connectivity index (χ1v) is 7.79. The van der Waals surface area contributed by atoms with Crippen LogP contribution in [0.3, 0.4) is 0 Å². The molecule has 25 heavy (non-hydrogen) atoms. The number of nitro groups is 1. The standard InChI is InChI=1S/C17H19NO7/c1-4-23-16(20)24-13-5-6-14(18(21)22)12(10-13)9-11-7-8-17(2,3)25-15(11)19/h5-6,9-10H,4,7-8H2,1-3H3/b11-9+. The Morgan fingerprint density at radius 1 is 1.44 bits per heavy atom. The van der Waals surface area contributed by atoms with Crippen molar-refractivity contribution in [3.8, 4) is 5.75 Å². The number of hydrogen-bond acceptors (Lipinski definition) is 7. The van der Waals surface area contributed by atoms with E-state index < -0.39 is 22.6 Å². The summed E-state index contributed by atoms with van der Waals surface area (Å²) in [6.45, 7) is 5.38. The van der Waals surface area contributed by atoms with E-state index in [1.54, 1.807) is 20.8 Å². The number of carbonyl (C=O) groups is 2. The van der Waals surface area contributed by atoms with Gasteiger partial charge in [0, 0.05) is 11.6 Å². The molecule has 0 aliphatic carbocycles. The average Bonchev–Trinajstić information content (AvgIpc) is 2.49. The number of ether oxygens (including phenoxy) is 3. The van der Waals surface area contributed by atoms with Crippen LogP contribution in [-0.4, -0.2) is 29.3 Å². The van der Waals surface area contributed by atoms with E-state index in [2.05, 4.69) is 4.74 Å². The minimum atomic E-state index is -0.909. The van der Waals surface area contributed by atoms with Crippen LogP contribution in [0, 0.1) is 10.1 Å². The van der Waals surface area contributed by atoms with Crippen molar-refractivity contribution in [3.05, 3.63) is 39.4 Å². The fourth-order valence-electron chi connectivity index (χ4n) is 2.35. The van der Waals surface area contributed by atoms with Crippen LogP contribution >= 0.6 is 0 Å². The molecule has 8 heteroatoms. The Morgan fingerprint density at radius 2 is 2.16 bits per heavy atom. The van der Waals surface area contributed by atoms with Gasteiger partial charge in [-0.1, -0.05) is 0 Å². The molecule has 0 atom stereocenters. The Kier molecular flexibility index (Phi) is 5.41. The van der Waals surface area contributed by atoms with E-state index in [0.717, 1.165) is 0 Å². The van der Waals surface area contributed by atoms with Gasteiger partial charge in [0.2, 0.25) is 0 Å². The van der Waals surface area contributed by atoms with E-state index in [0.29, 0.717) is 18.4 Å². The van der Waals surface area contributed by atoms with Gasteiger partial charge in [0.1, 0.15) is 11.4 Å². The van der Waals surface area contributed by atoms with Crippen molar-refractivity contribution in [1.82, 2.24) is 0 Å². The molecule has 1 aromatic carbocycles. The van der Waals surface area contributed by atoms with Gasteiger partial charge >= 0.3 is 12.1 Å². The summed E-state index contributed by atoms with van der Waals surface area (Å²) in [5, 5.41) is 11.2. The summed E-state index contributed by atoms with van der Waals surface area (Å²) < 4.78 is 14.9. The molecule has 0 aromatic heterocycles. The lowest BCUT2D eigenvalue weighted by molar-refractivity contribution is -0.385. The Balaban J connectivity index is 2.34. The van der Waals surface area contributed by atoms with Crippen LogP contribution < -0.4 is 4.74 Å². The first-order chi connectivity index (χ1) is 11.7. The van der Waals surface area contributed by atoms with E-state index in [-0.39, 0.29) is 23.6 Å². The molecule has 1 aromatic rings. The predicted molar refractivity (Wildman–Crippen MR) is 88.1 cm³/mol. The number of nitro benzene ring substituents is 1. The third kappa shape index (κ3) is 4.79. The molecule has 0 spiro atoms. The van der Waals surface area contributed by atoms with Crippen molar-refractivity contribution in [2.24, 2.45) is 0 Å². The lowest BCUT2D eigenvalue weighted by Crippen LogP contribution is -2.33. The number of cyclic esters (lactones) is 1. The number of benzene rings is 1. The monoisotopic (exact) mass is 349 g/mol. The fourth-order valence-corrected chi connectivity index (χ4v) is 2.35. The Bertz CT molecular complexity index is 737. The van der Waals surface area contributed by atoms with Gasteiger partial charge in [0.15, 0.2) is 0 Å². The van der Waals surface area contributed by atoms with Gasteiger partial charge in [-0.15, -0.1) is 0 Å². The highest BCUT2D eigenvalue weighted by molar-refractivity contribution is 5.95. The van der Waals surface area contributed by atoms with Crippen LogP contribution in [0.15, 0.2) is 23.8 Å². The van der Waals surface area contributed by atoms with Crippen molar-refractivity contribution >= 4 is 23.9 Å². The molecule has 8 nitrogen and oxygen atoms in total. The Morgan fingerprint density at radius 3 is 2.76 bits per heavy atom. The maximum atomic E-state index is 12.1. The zero-order chi connectivity index (χ0) is 18.6. The average molecular weight is 349 g/mol. The van der Waals surface area contributed by atoms with E-state index in [9.17, 15) is 19.7 Å². The fraction of sp³-hybridized carbons (Fsp3) is 0.412. The molecule has 1 aliphatic heterocycles. The SMILES string of the molecule is CCOC(=O)Oc1ccc([N+](=O)[O-])c(/C=C2\CCC(C)(C)OC2=O)c1. The van der Waals surface area contributed by atoms with Gasteiger partial charge in [-0.25, -0.2) is 9.59 Å². The molecule has 1 aliphatic rings. The number of rotatable bonds is 4. The minimum absolute atomic E-state index is 0.0837. The maximum Gasteiger partial charge on any atom is 0.513 e. The van der Waals surface area contributed by atoms with E-state index >= 15 is 0 Å². The van der Waals surface area contributed by atoms with Gasteiger partial charge in [-0.2, -0.15) is 0 Å². The summed E-state index contributed by atoms with van der Waals surface area (Å²) in [5.41, 5.74) is -0.287. The summed E-state index contributed by atoms with van der Waals surface area (Å²) in [5.74, 6) is -0.428. The van der Waals surface area contributed by atoms with E-state index in [1.807, 2.05) is 0 Å². The first kappa shape index (κ1) is 18.4. The largest absolute Gasteiger partial charge is 0.513 e. The molecule has 0 radical (unpaired) electrons. The third-order valence-electron chi connectivity index (χ3n) is 3.62. The molecule has 0 saturated carbocycles. The third-order valence-corrected chi connectivity index (χ3v) is 3.62. The van der Waals surface area contributed by atoms with Gasteiger partial charge in [0.25, 0.3) is 5.69 Å². The highest BCUT2D eigenvalue weighted by atomic mass is 16.7. The molecule has 1 heterocycles. The van der Waals surface area contributed by atoms with Gasteiger partial charge in [-0.05, 0) is 51.8 Å². The summed E-state index contributed by atoms with van der Waals surface area (Å²) in [6, 6.07) is 3.81. The van der Waals surface area contributed by atoms with Crippen molar-refractivity contribution in [2.75, 3.05) is 6.61 Å². The second-order valence-electron chi connectivity index (χ2n) is 6.08. The number of carbonyl (C=O) groups excluding carboxylic acids is 2. The molecule has 0 bridgehead atoms. The lowest BCUT2D eigenvalue weighted by Gasteiger charge is -2.30. The number of nitrogens with zero attached hydrogens (tertiary/aromatic N) is 1. The second-order valence-corrected chi connectivity index (χ2v) is 6.08. The topological polar surface area (TPSA) is 105 Å². The molecular formula is C17H19NO7. The molecule has 0 N–H and O–H groups in total. The summed E-state index contributed by atoms with van der Waals surface area (Å²) >= 11 is 0. The Labute approximate surface area is 144 Å². The normalized spacial score (nSPS) is 17.7. The van der Waals surface area contributed by atoms with Crippen molar-refractivity contribution < 1.29 is 28.7 Å². The second kappa shape index (κ2) is 7.33. The maximum absolute atomic E-state index is 12.1. The molecule has 2 rings (SSSR count). The predicted octanol–water partition coefficient (Wildman–Crippen LogP) is 3.63. The first-order valence-electron chi connectivity index (χ1n) is 7.79. The minimum Gasteiger partial charge on any atom is -0.456 e. The molecule has 1 saturated heterocycles. The van der Waals surface area contributed by atoms with Crippen LogP contribution in [0.25, 0.3) is 6.08 Å². The molecule has 0 amide bonds. The van der Waals surface area contributed by atoms with Gasteiger partial charge < -0.3 is 14.2 Å². The van der Waals surface area contributed by atoms with E-state index in [4.69, 9.17) is 9.47 Å². The van der Waals surface area contributed by atoms with Crippen LogP contribution in [0.4, 0.5) is 10.5 Å². The van der Waals surface area contributed by atoms with Crippen LogP contribution in [0.2, 0.25) is 0 Å². The Hall–Kier alpha value is -2.90. The highest BCUT2D eigenvalue weighted by Crippen LogP contribution is 2.32. The number of hydrogen-bond donors (Lipinski definition) is 0. The zero-order valence-electron chi connectivity index (χ0n) is 14.2. The molecular weight excluding hydrogens is 330 g/mol. The smallest absolute Gasteiger partial charge is 0.456 e. The van der Waals surface area contributed by atoms with Crippen LogP contribution in [0.5, 0.6) is 5.75 Å². The van der Waals surface area contributed by atoms with Gasteiger partial charge in [0.05, 0.1) is 17.1 Å². The molecule has 134 valence electrons. The van der Waals surface area contributed by atoms with Gasteiger partial charge in [-0.3, -0.25) is 10.1 Å².